The molecule has 1 aliphatic rings. The van der Waals surface area contributed by atoms with Gasteiger partial charge < -0.3 is 9.64 Å². The fraction of sp³-hybridized carbons (Fsp3) is 0.667. The van der Waals surface area contributed by atoms with Crippen LogP contribution >= 0.6 is 11.6 Å². The van der Waals surface area contributed by atoms with Crippen molar-refractivity contribution in [3.63, 3.8) is 0 Å². The summed E-state index contributed by atoms with van der Waals surface area (Å²) in [5, 5.41) is 0.710. The van der Waals surface area contributed by atoms with Crippen molar-refractivity contribution in [2.75, 3.05) is 18.8 Å². The second-order valence-electron chi connectivity index (χ2n) is 6.63. The molecule has 6 nitrogen and oxygen atoms in total. The predicted octanol–water partition coefficient (Wildman–Crippen LogP) is 2.88. The minimum Gasteiger partial charge on any atom is -0.444 e. The lowest BCUT2D eigenvalue weighted by Crippen LogP contribution is -2.44. The molecule has 1 aromatic rings. The number of ether oxygens (including phenoxy) is 1. The fourth-order valence-corrected chi connectivity index (χ4v) is 3.93. The predicted molar refractivity (Wildman–Crippen MR) is 88.8 cm³/mol. The van der Waals surface area contributed by atoms with Crippen molar-refractivity contribution in [3.05, 3.63) is 17.5 Å². The normalized spacial score (nSPS) is 20.2. The van der Waals surface area contributed by atoms with Gasteiger partial charge in [-0.15, -0.1) is 0 Å². The van der Waals surface area contributed by atoms with Gasteiger partial charge in [-0.2, -0.15) is 0 Å². The number of carbonyl (C=O) groups excluding carboxylic acids is 1. The number of nitrogens with zero attached hydrogens (tertiary/aromatic N) is 3. The number of likely N-dealkylation sites (tertiary alicyclic amines) is 1. The third kappa shape index (κ3) is 5.73. The van der Waals surface area contributed by atoms with E-state index >= 15 is 0 Å². The lowest BCUT2D eigenvalue weighted by Gasteiger charge is -2.33. The van der Waals surface area contributed by atoms with Gasteiger partial charge in [0.25, 0.3) is 0 Å². The van der Waals surface area contributed by atoms with Gasteiger partial charge in [0.15, 0.2) is 0 Å². The summed E-state index contributed by atoms with van der Waals surface area (Å²) >= 11 is 5.80. The smallest absolute Gasteiger partial charge is 0.410 e. The molecular formula is C15H22ClN3O3S. The number of halogens is 1. The van der Waals surface area contributed by atoms with Crippen LogP contribution in [0.2, 0.25) is 5.15 Å². The van der Waals surface area contributed by atoms with E-state index in [4.69, 9.17) is 16.3 Å². The monoisotopic (exact) mass is 359 g/mol. The Labute approximate surface area is 144 Å². The van der Waals surface area contributed by atoms with Gasteiger partial charge in [-0.25, -0.2) is 14.8 Å². The maximum absolute atomic E-state index is 12.4. The molecule has 0 unspecified atom stereocenters. The van der Waals surface area contributed by atoms with Crippen molar-refractivity contribution in [3.8, 4) is 0 Å². The van der Waals surface area contributed by atoms with Crippen LogP contribution in [0.3, 0.4) is 0 Å². The SMILES string of the molecule is CC(C)(C)OC(=O)N1CCC[C@H](C[S@@](=O)c2cc(Cl)ncn2)C1. The zero-order valence-corrected chi connectivity index (χ0v) is 15.2. The Hall–Kier alpha value is -1.21. The highest BCUT2D eigenvalue weighted by Gasteiger charge is 2.28. The number of carbonyl (C=O) groups is 1. The van der Waals surface area contributed by atoms with E-state index in [0.29, 0.717) is 23.9 Å². The number of aromatic nitrogens is 2. The Balaban J connectivity index is 1.93. The Bertz CT molecular complexity index is 592. The third-order valence-corrected chi connectivity index (χ3v) is 5.07. The molecule has 128 valence electrons. The van der Waals surface area contributed by atoms with Gasteiger partial charge in [0.1, 0.15) is 22.1 Å². The topological polar surface area (TPSA) is 72.4 Å². The number of hydrogen-bond acceptors (Lipinski definition) is 5. The zero-order valence-electron chi connectivity index (χ0n) is 13.6. The molecule has 2 rings (SSSR count). The highest BCUT2D eigenvalue weighted by Crippen LogP contribution is 2.21. The number of hydrogen-bond donors (Lipinski definition) is 0. The Morgan fingerprint density at radius 2 is 2.22 bits per heavy atom. The van der Waals surface area contributed by atoms with Crippen LogP contribution in [0, 0.1) is 5.92 Å². The molecule has 1 aromatic heterocycles. The van der Waals surface area contributed by atoms with Crippen LogP contribution in [-0.2, 0) is 15.5 Å². The molecule has 2 atom stereocenters. The Morgan fingerprint density at radius 1 is 1.48 bits per heavy atom. The van der Waals surface area contributed by atoms with Crippen molar-refractivity contribution < 1.29 is 13.7 Å². The molecule has 8 heteroatoms. The van der Waals surface area contributed by atoms with Gasteiger partial charge >= 0.3 is 6.09 Å². The highest BCUT2D eigenvalue weighted by atomic mass is 35.5. The van der Waals surface area contributed by atoms with Gasteiger partial charge in [-0.3, -0.25) is 4.21 Å². The molecule has 1 aliphatic heterocycles. The molecule has 0 N–H and O–H groups in total. The molecule has 1 saturated heterocycles. The van der Waals surface area contributed by atoms with Crippen molar-refractivity contribution in [1.29, 1.82) is 0 Å². The molecule has 2 heterocycles. The van der Waals surface area contributed by atoms with Gasteiger partial charge in [0.05, 0.1) is 10.8 Å². The van der Waals surface area contributed by atoms with Crippen LogP contribution in [0.4, 0.5) is 4.79 Å². The second-order valence-corrected chi connectivity index (χ2v) is 8.46. The Morgan fingerprint density at radius 3 is 2.87 bits per heavy atom. The van der Waals surface area contributed by atoms with Crippen molar-refractivity contribution >= 4 is 28.5 Å². The quantitative estimate of drug-likeness (QED) is 0.776. The zero-order chi connectivity index (χ0) is 17.0. The molecule has 0 spiro atoms. The van der Waals surface area contributed by atoms with Gasteiger partial charge in [0.2, 0.25) is 0 Å². The minimum absolute atomic E-state index is 0.158. The van der Waals surface area contributed by atoms with E-state index in [0.717, 1.165) is 12.8 Å². The van der Waals surface area contributed by atoms with E-state index in [2.05, 4.69) is 9.97 Å². The van der Waals surface area contributed by atoms with Crippen LogP contribution in [0.5, 0.6) is 0 Å². The van der Waals surface area contributed by atoms with Crippen LogP contribution in [-0.4, -0.2) is 49.6 Å². The summed E-state index contributed by atoms with van der Waals surface area (Å²) < 4.78 is 17.8. The third-order valence-electron chi connectivity index (χ3n) is 3.40. The molecule has 0 radical (unpaired) electrons. The van der Waals surface area contributed by atoms with Crippen molar-refractivity contribution in [2.24, 2.45) is 5.92 Å². The summed E-state index contributed by atoms with van der Waals surface area (Å²) in [6.45, 7) is 6.78. The average Bonchev–Trinajstić information content (AvgIpc) is 2.45. The average molecular weight is 360 g/mol. The molecular weight excluding hydrogens is 338 g/mol. The van der Waals surface area contributed by atoms with Gasteiger partial charge in [-0.1, -0.05) is 11.6 Å². The molecule has 1 amide bonds. The van der Waals surface area contributed by atoms with E-state index in [-0.39, 0.29) is 17.2 Å². The maximum atomic E-state index is 12.4. The van der Waals surface area contributed by atoms with E-state index in [1.54, 1.807) is 4.90 Å². The summed E-state index contributed by atoms with van der Waals surface area (Å²) in [6.07, 6.45) is 2.82. The summed E-state index contributed by atoms with van der Waals surface area (Å²) in [4.78, 5) is 21.6. The van der Waals surface area contributed by atoms with Crippen LogP contribution < -0.4 is 0 Å². The standard InChI is InChI=1S/C15H22ClN3O3S/c1-15(2,3)22-14(20)19-6-4-5-11(8-19)9-23(21)13-7-12(16)17-10-18-13/h7,10-11H,4-6,8-9H2,1-3H3/t11-,23+/m0/s1. The first-order valence-electron chi connectivity index (χ1n) is 7.58. The highest BCUT2D eigenvalue weighted by molar-refractivity contribution is 7.85. The number of piperidine rings is 1. The van der Waals surface area contributed by atoms with E-state index < -0.39 is 16.4 Å². The summed E-state index contributed by atoms with van der Waals surface area (Å²) in [6, 6.07) is 1.52. The molecule has 0 bridgehead atoms. The van der Waals surface area contributed by atoms with Crippen LogP contribution in [0.15, 0.2) is 17.4 Å². The molecule has 0 aromatic carbocycles. The van der Waals surface area contributed by atoms with Crippen molar-refractivity contribution in [1.82, 2.24) is 14.9 Å². The molecule has 23 heavy (non-hydrogen) atoms. The molecule has 1 fully saturated rings. The Kier molecular flexibility index (Phi) is 5.97. The van der Waals surface area contributed by atoms with Gasteiger partial charge in [0, 0.05) is 24.9 Å². The molecule has 0 saturated carbocycles. The summed E-state index contributed by atoms with van der Waals surface area (Å²) in [5.41, 5.74) is -0.509. The molecule has 0 aliphatic carbocycles. The first-order valence-corrected chi connectivity index (χ1v) is 9.28. The van der Waals surface area contributed by atoms with E-state index in [1.165, 1.54) is 12.4 Å². The number of rotatable bonds is 3. The maximum Gasteiger partial charge on any atom is 0.410 e. The lowest BCUT2D eigenvalue weighted by molar-refractivity contribution is 0.0176. The minimum atomic E-state index is -1.25. The first-order chi connectivity index (χ1) is 10.7. The van der Waals surface area contributed by atoms with Crippen LogP contribution in [0.25, 0.3) is 0 Å². The van der Waals surface area contributed by atoms with Crippen LogP contribution in [0.1, 0.15) is 33.6 Å². The lowest BCUT2D eigenvalue weighted by atomic mass is 10.0. The summed E-state index contributed by atoms with van der Waals surface area (Å²) in [7, 11) is -1.25. The van der Waals surface area contributed by atoms with Crippen molar-refractivity contribution in [2.45, 2.75) is 44.2 Å². The second kappa shape index (κ2) is 7.57. The largest absolute Gasteiger partial charge is 0.444 e. The van der Waals surface area contributed by atoms with E-state index in [9.17, 15) is 9.00 Å². The summed E-state index contributed by atoms with van der Waals surface area (Å²) in [5.74, 6) is 0.609. The van der Waals surface area contributed by atoms with Gasteiger partial charge in [-0.05, 0) is 39.5 Å². The first kappa shape index (κ1) is 18.1. The number of amides is 1. The fourth-order valence-electron chi connectivity index (χ4n) is 2.43. The van der Waals surface area contributed by atoms with E-state index in [1.807, 2.05) is 20.8 Å².